The number of aryl methyl sites for hydroxylation is 1. The van der Waals surface area contributed by atoms with E-state index in [2.05, 4.69) is 5.32 Å². The Labute approximate surface area is 249 Å². The van der Waals surface area contributed by atoms with Crippen LogP contribution >= 0.6 is 0 Å². The number of hydrogen-bond acceptors (Lipinski definition) is 5. The number of rotatable bonds is 11. The smallest absolute Gasteiger partial charge is 0.264 e. The molecule has 3 aromatic carbocycles. The van der Waals surface area contributed by atoms with Gasteiger partial charge in [0.15, 0.2) is 0 Å². The molecular weight excluding hydrogens is 550 g/mol. The van der Waals surface area contributed by atoms with Crippen molar-refractivity contribution < 1.29 is 22.7 Å². The summed E-state index contributed by atoms with van der Waals surface area (Å²) in [6, 6.07) is 20.0. The molecule has 4 rings (SSSR count). The number of amides is 2. The molecule has 0 bridgehead atoms. The van der Waals surface area contributed by atoms with E-state index in [1.807, 2.05) is 32.0 Å². The normalized spacial score (nSPS) is 14.6. The van der Waals surface area contributed by atoms with Crippen molar-refractivity contribution in [2.24, 2.45) is 0 Å². The number of anilines is 1. The molecular formula is C33H41N3O5S. The summed E-state index contributed by atoms with van der Waals surface area (Å²) in [5, 5.41) is 3.13. The van der Waals surface area contributed by atoms with Gasteiger partial charge in [-0.25, -0.2) is 8.42 Å². The topological polar surface area (TPSA) is 96.0 Å². The summed E-state index contributed by atoms with van der Waals surface area (Å²) in [7, 11) is -2.52. The third kappa shape index (κ3) is 7.31. The number of carbonyl (C=O) groups is 2. The Morgan fingerprint density at radius 1 is 0.929 bits per heavy atom. The zero-order chi connectivity index (χ0) is 30.3. The van der Waals surface area contributed by atoms with E-state index in [0.29, 0.717) is 11.4 Å². The molecule has 1 fully saturated rings. The Morgan fingerprint density at radius 3 is 2.24 bits per heavy atom. The molecule has 0 radical (unpaired) electrons. The first-order chi connectivity index (χ1) is 20.1. The van der Waals surface area contributed by atoms with Crippen LogP contribution in [0.15, 0.2) is 77.7 Å². The molecule has 9 heteroatoms. The summed E-state index contributed by atoms with van der Waals surface area (Å²) in [5.41, 5.74) is 2.89. The van der Waals surface area contributed by atoms with Crippen molar-refractivity contribution in [2.45, 2.75) is 76.4 Å². The van der Waals surface area contributed by atoms with Crippen LogP contribution in [0.5, 0.6) is 5.75 Å². The highest BCUT2D eigenvalue weighted by atomic mass is 32.2. The van der Waals surface area contributed by atoms with E-state index in [9.17, 15) is 18.0 Å². The largest absolute Gasteiger partial charge is 0.497 e. The average molecular weight is 592 g/mol. The van der Waals surface area contributed by atoms with Crippen LogP contribution in [0.2, 0.25) is 0 Å². The van der Waals surface area contributed by atoms with Crippen molar-refractivity contribution in [3.8, 4) is 5.75 Å². The number of nitrogens with zero attached hydrogens (tertiary/aromatic N) is 2. The van der Waals surface area contributed by atoms with Gasteiger partial charge in [0.1, 0.15) is 18.3 Å². The van der Waals surface area contributed by atoms with Gasteiger partial charge in [0.2, 0.25) is 11.8 Å². The van der Waals surface area contributed by atoms with Gasteiger partial charge in [-0.15, -0.1) is 0 Å². The minimum absolute atomic E-state index is 0.0801. The van der Waals surface area contributed by atoms with Crippen molar-refractivity contribution in [3.05, 3.63) is 89.5 Å². The molecule has 0 aromatic heterocycles. The molecule has 0 aliphatic heterocycles. The molecule has 1 saturated carbocycles. The fraction of sp³-hybridized carbons (Fsp3) is 0.394. The number of hydrogen-bond donors (Lipinski definition) is 1. The van der Waals surface area contributed by atoms with Crippen LogP contribution in [0, 0.1) is 13.8 Å². The van der Waals surface area contributed by atoms with Crippen LogP contribution in [-0.4, -0.2) is 50.9 Å². The molecule has 1 N–H and O–H groups in total. The lowest BCUT2D eigenvalue weighted by atomic mass is 9.95. The summed E-state index contributed by atoms with van der Waals surface area (Å²) in [6.07, 6.45) is 5.13. The maximum Gasteiger partial charge on any atom is 0.264 e. The highest BCUT2D eigenvalue weighted by molar-refractivity contribution is 7.92. The Hall–Kier alpha value is -3.85. The Balaban J connectivity index is 1.69. The molecule has 0 saturated heterocycles. The van der Waals surface area contributed by atoms with Crippen molar-refractivity contribution in [1.29, 1.82) is 0 Å². The number of ether oxygens (including phenoxy) is 1. The van der Waals surface area contributed by atoms with E-state index >= 15 is 0 Å². The predicted molar refractivity (Wildman–Crippen MR) is 165 cm³/mol. The predicted octanol–water partition coefficient (Wildman–Crippen LogP) is 5.37. The first-order valence-electron chi connectivity index (χ1n) is 14.5. The van der Waals surface area contributed by atoms with Gasteiger partial charge in [-0.05, 0) is 80.6 Å². The van der Waals surface area contributed by atoms with Crippen molar-refractivity contribution in [3.63, 3.8) is 0 Å². The maximum absolute atomic E-state index is 14.2. The van der Waals surface area contributed by atoms with E-state index in [4.69, 9.17) is 4.74 Å². The summed E-state index contributed by atoms with van der Waals surface area (Å²) >= 11 is 0. The highest BCUT2D eigenvalue weighted by Crippen LogP contribution is 2.29. The van der Waals surface area contributed by atoms with Crippen LogP contribution in [-0.2, 0) is 26.2 Å². The van der Waals surface area contributed by atoms with Gasteiger partial charge >= 0.3 is 0 Å². The molecule has 42 heavy (non-hydrogen) atoms. The summed E-state index contributed by atoms with van der Waals surface area (Å²) < 4.78 is 34.5. The third-order valence-corrected chi connectivity index (χ3v) is 9.86. The van der Waals surface area contributed by atoms with Crippen LogP contribution < -0.4 is 14.4 Å². The average Bonchev–Trinajstić information content (AvgIpc) is 3.01. The van der Waals surface area contributed by atoms with Crippen molar-refractivity contribution in [2.75, 3.05) is 18.0 Å². The number of nitrogens with one attached hydrogen (secondary N) is 1. The van der Waals surface area contributed by atoms with E-state index in [1.165, 1.54) is 21.3 Å². The van der Waals surface area contributed by atoms with Gasteiger partial charge < -0.3 is 15.0 Å². The monoisotopic (exact) mass is 591 g/mol. The van der Waals surface area contributed by atoms with Crippen LogP contribution in [0.4, 0.5) is 5.69 Å². The number of sulfonamides is 1. The van der Waals surface area contributed by atoms with E-state index in [0.717, 1.165) is 48.8 Å². The molecule has 1 aliphatic rings. The van der Waals surface area contributed by atoms with Crippen molar-refractivity contribution >= 4 is 27.5 Å². The van der Waals surface area contributed by atoms with E-state index in [1.54, 1.807) is 56.5 Å². The standard InChI is InChI=1S/C33H41N3O5S/c1-24-12-11-17-31(25(24)2)36(42(39,40)30-15-9-6-10-16-30)23-32(37)35(22-27-18-20-29(41-4)21-19-27)26(3)33(38)34-28-13-7-5-8-14-28/h6,9-12,15-21,26,28H,5,7-8,13-14,22-23H2,1-4H3,(H,34,38)/t26-/m1/s1. The van der Waals surface area contributed by atoms with Crippen LogP contribution in [0.3, 0.4) is 0 Å². The van der Waals surface area contributed by atoms with Gasteiger partial charge in [0.25, 0.3) is 10.0 Å². The second kappa shape index (κ2) is 13.9. The molecule has 8 nitrogen and oxygen atoms in total. The second-order valence-corrected chi connectivity index (χ2v) is 12.8. The lowest BCUT2D eigenvalue weighted by Crippen LogP contribution is -2.53. The SMILES string of the molecule is COc1ccc(CN(C(=O)CN(c2cccc(C)c2C)S(=O)(=O)c2ccccc2)[C@H](C)C(=O)NC2CCCCC2)cc1. The zero-order valence-electron chi connectivity index (χ0n) is 24.9. The van der Waals surface area contributed by atoms with E-state index < -0.39 is 28.5 Å². The fourth-order valence-corrected chi connectivity index (χ4v) is 6.81. The van der Waals surface area contributed by atoms with Gasteiger partial charge in [0.05, 0.1) is 17.7 Å². The molecule has 1 atom stereocenters. The Morgan fingerprint density at radius 2 is 1.60 bits per heavy atom. The molecule has 1 aliphatic carbocycles. The highest BCUT2D eigenvalue weighted by Gasteiger charge is 2.33. The lowest BCUT2D eigenvalue weighted by molar-refractivity contribution is -0.139. The van der Waals surface area contributed by atoms with E-state index in [-0.39, 0.29) is 23.4 Å². The molecule has 224 valence electrons. The summed E-state index contributed by atoms with van der Waals surface area (Å²) in [4.78, 5) is 29.2. The van der Waals surface area contributed by atoms with Gasteiger partial charge in [-0.3, -0.25) is 13.9 Å². The summed E-state index contributed by atoms with van der Waals surface area (Å²) in [6.45, 7) is 5.13. The number of benzene rings is 3. The molecule has 0 unspecified atom stereocenters. The number of carbonyl (C=O) groups excluding carboxylic acids is 2. The second-order valence-electron chi connectivity index (χ2n) is 10.9. The minimum atomic E-state index is -4.10. The first kappa shape index (κ1) is 31.1. The lowest BCUT2D eigenvalue weighted by Gasteiger charge is -2.33. The molecule has 2 amide bonds. The van der Waals surface area contributed by atoms with Crippen LogP contribution in [0.1, 0.15) is 55.7 Å². The molecule has 0 spiro atoms. The quantitative estimate of drug-likeness (QED) is 0.323. The number of methoxy groups -OCH3 is 1. The molecule has 0 heterocycles. The fourth-order valence-electron chi connectivity index (χ4n) is 5.32. The van der Waals surface area contributed by atoms with Gasteiger partial charge in [-0.2, -0.15) is 0 Å². The Bertz CT molecular complexity index is 1470. The minimum Gasteiger partial charge on any atom is -0.497 e. The van der Waals surface area contributed by atoms with Crippen LogP contribution in [0.25, 0.3) is 0 Å². The maximum atomic E-state index is 14.2. The Kier molecular flexibility index (Phi) is 10.3. The first-order valence-corrected chi connectivity index (χ1v) is 15.9. The van der Waals surface area contributed by atoms with Gasteiger partial charge in [-0.1, -0.05) is 61.7 Å². The summed E-state index contributed by atoms with van der Waals surface area (Å²) in [5.74, 6) is -0.0414. The third-order valence-electron chi connectivity index (χ3n) is 8.09. The van der Waals surface area contributed by atoms with Crippen molar-refractivity contribution in [1.82, 2.24) is 10.2 Å². The zero-order valence-corrected chi connectivity index (χ0v) is 25.7. The van der Waals surface area contributed by atoms with Gasteiger partial charge in [0, 0.05) is 12.6 Å². The molecule has 3 aromatic rings.